The molecule has 0 amide bonds. The maximum absolute atomic E-state index is 12.2. The molecular formula is C14H22N2O3S. The molecule has 6 heteroatoms. The van der Waals surface area contributed by atoms with Gasteiger partial charge in [-0.2, -0.15) is 0 Å². The Kier molecular flexibility index (Phi) is 5.01. The summed E-state index contributed by atoms with van der Waals surface area (Å²) in [6, 6.07) is 6.26. The highest BCUT2D eigenvalue weighted by Gasteiger charge is 2.26. The average Bonchev–Trinajstić information content (AvgIpc) is 2.45. The number of sulfonamides is 1. The van der Waals surface area contributed by atoms with Crippen molar-refractivity contribution in [1.82, 2.24) is 4.72 Å². The molecular weight excluding hydrogens is 276 g/mol. The minimum absolute atomic E-state index is 0.130. The number of aliphatic hydroxyl groups is 1. The van der Waals surface area contributed by atoms with E-state index >= 15 is 0 Å². The van der Waals surface area contributed by atoms with Crippen molar-refractivity contribution < 1.29 is 13.5 Å². The first-order valence-electron chi connectivity index (χ1n) is 6.99. The number of aliphatic hydroxyl groups excluding tert-OH is 1. The van der Waals surface area contributed by atoms with Crippen molar-refractivity contribution in [1.29, 1.82) is 0 Å². The molecule has 20 heavy (non-hydrogen) atoms. The van der Waals surface area contributed by atoms with Crippen LogP contribution in [0.4, 0.5) is 5.69 Å². The normalized spacial score (nSPS) is 23.6. The summed E-state index contributed by atoms with van der Waals surface area (Å²) in [7, 11) is -3.53. The Balaban J connectivity index is 2.02. The fourth-order valence-corrected chi connectivity index (χ4v) is 3.92. The summed E-state index contributed by atoms with van der Waals surface area (Å²) in [5.74, 6) is 0.414. The Morgan fingerprint density at radius 3 is 2.60 bits per heavy atom. The van der Waals surface area contributed by atoms with Gasteiger partial charge in [0.15, 0.2) is 0 Å². The van der Waals surface area contributed by atoms with E-state index in [1.807, 2.05) is 0 Å². The van der Waals surface area contributed by atoms with Gasteiger partial charge in [-0.05, 0) is 42.9 Å². The fraction of sp³-hybridized carbons (Fsp3) is 0.571. The summed E-state index contributed by atoms with van der Waals surface area (Å²) in [5, 5.41) is 9.35. The molecule has 2 unspecified atom stereocenters. The number of rotatable bonds is 5. The molecule has 0 bridgehead atoms. The number of nitrogens with two attached hydrogens (primary N) is 1. The Morgan fingerprint density at radius 2 is 1.95 bits per heavy atom. The molecule has 1 aliphatic rings. The van der Waals surface area contributed by atoms with Gasteiger partial charge in [-0.1, -0.05) is 18.9 Å². The molecule has 4 N–H and O–H groups in total. The third-order valence-electron chi connectivity index (χ3n) is 4.00. The monoisotopic (exact) mass is 298 g/mol. The lowest BCUT2D eigenvalue weighted by atomic mass is 9.80. The van der Waals surface area contributed by atoms with E-state index in [0.29, 0.717) is 12.2 Å². The molecule has 0 saturated heterocycles. The molecule has 5 nitrogen and oxygen atoms in total. The van der Waals surface area contributed by atoms with Gasteiger partial charge in [-0.3, -0.25) is 0 Å². The smallest absolute Gasteiger partial charge is 0.240 e. The average molecular weight is 298 g/mol. The van der Waals surface area contributed by atoms with Crippen LogP contribution in [0.2, 0.25) is 0 Å². The van der Waals surface area contributed by atoms with E-state index in [9.17, 15) is 13.5 Å². The summed E-state index contributed by atoms with van der Waals surface area (Å²) in [4.78, 5) is 0.189. The number of hydrogen-bond donors (Lipinski definition) is 3. The molecule has 0 heterocycles. The van der Waals surface area contributed by atoms with Crippen molar-refractivity contribution in [2.45, 2.75) is 30.6 Å². The zero-order chi connectivity index (χ0) is 14.6. The SMILES string of the molecule is Nc1cccc(S(=O)(=O)NCC2CCCCC2CO)c1. The molecule has 1 aromatic rings. The molecule has 1 saturated carbocycles. The minimum atomic E-state index is -3.53. The zero-order valence-electron chi connectivity index (χ0n) is 11.5. The van der Waals surface area contributed by atoms with E-state index < -0.39 is 10.0 Å². The van der Waals surface area contributed by atoms with Gasteiger partial charge in [0, 0.05) is 18.8 Å². The fourth-order valence-electron chi connectivity index (χ4n) is 2.78. The number of anilines is 1. The standard InChI is InChI=1S/C14H22N2O3S/c15-13-6-3-7-14(8-13)20(18,19)16-9-11-4-1-2-5-12(11)10-17/h3,6-8,11-12,16-17H,1-2,4-5,9-10,15H2. The first-order chi connectivity index (χ1) is 9.53. The van der Waals surface area contributed by atoms with Crippen LogP contribution in [-0.2, 0) is 10.0 Å². The van der Waals surface area contributed by atoms with Gasteiger partial charge >= 0.3 is 0 Å². The molecule has 0 aliphatic heterocycles. The first kappa shape index (κ1) is 15.3. The summed E-state index contributed by atoms with van der Waals surface area (Å²) in [6.45, 7) is 0.507. The predicted molar refractivity (Wildman–Crippen MR) is 78.6 cm³/mol. The van der Waals surface area contributed by atoms with Crippen LogP contribution in [0.3, 0.4) is 0 Å². The van der Waals surface area contributed by atoms with E-state index in [4.69, 9.17) is 5.73 Å². The molecule has 1 aromatic carbocycles. The summed E-state index contributed by atoms with van der Waals surface area (Å²) in [6.07, 6.45) is 4.15. The number of benzene rings is 1. The van der Waals surface area contributed by atoms with Gasteiger partial charge in [0.1, 0.15) is 0 Å². The molecule has 2 rings (SSSR count). The van der Waals surface area contributed by atoms with Gasteiger partial charge in [0.25, 0.3) is 0 Å². The molecule has 1 fully saturated rings. The molecule has 0 aromatic heterocycles. The van der Waals surface area contributed by atoms with Crippen molar-refractivity contribution in [3.8, 4) is 0 Å². The second kappa shape index (κ2) is 6.56. The quantitative estimate of drug-likeness (QED) is 0.715. The highest BCUT2D eigenvalue weighted by atomic mass is 32.2. The lowest BCUT2D eigenvalue weighted by Gasteiger charge is -2.30. The van der Waals surface area contributed by atoms with Crippen molar-refractivity contribution in [2.24, 2.45) is 11.8 Å². The Bertz CT molecular complexity index is 545. The Hall–Kier alpha value is -1.11. The molecule has 112 valence electrons. The van der Waals surface area contributed by atoms with E-state index in [0.717, 1.165) is 25.7 Å². The van der Waals surface area contributed by atoms with Crippen molar-refractivity contribution >= 4 is 15.7 Å². The summed E-state index contributed by atoms with van der Waals surface area (Å²) in [5.41, 5.74) is 6.04. The number of nitrogen functional groups attached to an aromatic ring is 1. The Morgan fingerprint density at radius 1 is 1.25 bits per heavy atom. The van der Waals surface area contributed by atoms with Crippen LogP contribution < -0.4 is 10.5 Å². The van der Waals surface area contributed by atoms with Gasteiger partial charge < -0.3 is 10.8 Å². The van der Waals surface area contributed by atoms with Gasteiger partial charge in [0.05, 0.1) is 4.90 Å². The molecule has 0 spiro atoms. The summed E-state index contributed by atoms with van der Waals surface area (Å²) < 4.78 is 27.0. The third-order valence-corrected chi connectivity index (χ3v) is 5.43. The second-order valence-electron chi connectivity index (χ2n) is 5.41. The van der Waals surface area contributed by atoms with Crippen molar-refractivity contribution in [3.05, 3.63) is 24.3 Å². The van der Waals surface area contributed by atoms with Gasteiger partial charge in [-0.15, -0.1) is 0 Å². The van der Waals surface area contributed by atoms with Crippen molar-refractivity contribution in [3.63, 3.8) is 0 Å². The van der Waals surface area contributed by atoms with E-state index in [1.54, 1.807) is 12.1 Å². The number of hydrogen-bond acceptors (Lipinski definition) is 4. The van der Waals surface area contributed by atoms with Gasteiger partial charge in [-0.25, -0.2) is 13.1 Å². The van der Waals surface area contributed by atoms with E-state index in [1.165, 1.54) is 12.1 Å². The lowest BCUT2D eigenvalue weighted by molar-refractivity contribution is 0.136. The maximum atomic E-state index is 12.2. The van der Waals surface area contributed by atoms with Gasteiger partial charge in [0.2, 0.25) is 10.0 Å². The highest BCUT2D eigenvalue weighted by Crippen LogP contribution is 2.29. The van der Waals surface area contributed by atoms with Crippen molar-refractivity contribution in [2.75, 3.05) is 18.9 Å². The van der Waals surface area contributed by atoms with Crippen LogP contribution in [0.25, 0.3) is 0 Å². The van der Waals surface area contributed by atoms with Crippen LogP contribution in [0.5, 0.6) is 0 Å². The second-order valence-corrected chi connectivity index (χ2v) is 7.18. The molecule has 1 aliphatic carbocycles. The van der Waals surface area contributed by atoms with E-state index in [-0.39, 0.29) is 23.3 Å². The van der Waals surface area contributed by atoms with Crippen LogP contribution in [0.1, 0.15) is 25.7 Å². The van der Waals surface area contributed by atoms with Crippen LogP contribution >= 0.6 is 0 Å². The van der Waals surface area contributed by atoms with Crippen LogP contribution in [-0.4, -0.2) is 26.7 Å². The highest BCUT2D eigenvalue weighted by molar-refractivity contribution is 7.89. The van der Waals surface area contributed by atoms with Crippen LogP contribution in [0, 0.1) is 11.8 Å². The maximum Gasteiger partial charge on any atom is 0.240 e. The predicted octanol–water partition coefficient (Wildman–Crippen LogP) is 1.35. The van der Waals surface area contributed by atoms with Crippen LogP contribution in [0.15, 0.2) is 29.2 Å². The molecule has 2 atom stereocenters. The third kappa shape index (κ3) is 3.71. The van der Waals surface area contributed by atoms with E-state index in [2.05, 4.69) is 4.72 Å². The lowest BCUT2D eigenvalue weighted by Crippen LogP contribution is -2.35. The summed E-state index contributed by atoms with van der Waals surface area (Å²) >= 11 is 0. The minimum Gasteiger partial charge on any atom is -0.399 e. The zero-order valence-corrected chi connectivity index (χ0v) is 12.3. The molecule has 0 radical (unpaired) electrons. The topological polar surface area (TPSA) is 92.4 Å². The first-order valence-corrected chi connectivity index (χ1v) is 8.47. The Labute approximate surface area is 120 Å². The number of nitrogens with one attached hydrogen (secondary N) is 1. The largest absolute Gasteiger partial charge is 0.399 e.